The van der Waals surface area contributed by atoms with E-state index in [2.05, 4.69) is 182 Å². The second-order valence-corrected chi connectivity index (χ2v) is 18.6. The summed E-state index contributed by atoms with van der Waals surface area (Å²) in [6.45, 7) is 13.0. The van der Waals surface area contributed by atoms with Crippen molar-refractivity contribution in [3.8, 4) is 34.2 Å². The van der Waals surface area contributed by atoms with Crippen LogP contribution in [-0.2, 0) is 5.41 Å². The molecule has 6 aromatic heterocycles. The largest absolute Gasteiger partial charge is 0.293 e. The molecule has 2 unspecified atom stereocenters. The maximum atomic E-state index is 5.59. The van der Waals surface area contributed by atoms with Crippen LogP contribution in [0.4, 0.5) is 0 Å². The SMILES string of the molecule is Cc1ccc2ccc3c(-c4nc5c(n4-c4ccccc4)=CC4C(C=5)c5cc6nc(-c7cc(C)nc8c7ccc7ccc(C)nc78)n(-c7ccccc7)c6cc5C4(C)C)cc(C)nc3c2n1. The maximum Gasteiger partial charge on any atom is 0.146 e. The fourth-order valence-corrected chi connectivity index (χ4v) is 11.0. The first-order chi connectivity index (χ1) is 31.6. The van der Waals surface area contributed by atoms with Crippen molar-refractivity contribution in [1.29, 1.82) is 0 Å². The number of imidazole rings is 2. The zero-order chi connectivity index (χ0) is 43.9. The highest BCUT2D eigenvalue weighted by molar-refractivity contribution is 6.09. The summed E-state index contributed by atoms with van der Waals surface area (Å²) in [6.07, 6.45) is 4.93. The van der Waals surface area contributed by atoms with Crippen LogP contribution < -0.4 is 10.7 Å². The molecule has 2 aliphatic carbocycles. The van der Waals surface area contributed by atoms with Gasteiger partial charge in [0, 0.05) is 72.7 Å². The highest BCUT2D eigenvalue weighted by Crippen LogP contribution is 2.54. The molecule has 6 heterocycles. The average molecular weight is 841 g/mol. The smallest absolute Gasteiger partial charge is 0.146 e. The lowest BCUT2D eigenvalue weighted by Crippen LogP contribution is -2.38. The molecule has 8 nitrogen and oxygen atoms in total. The molecule has 8 heteroatoms. The van der Waals surface area contributed by atoms with Gasteiger partial charge >= 0.3 is 0 Å². The topological polar surface area (TPSA) is 87.2 Å². The minimum Gasteiger partial charge on any atom is -0.293 e. The highest BCUT2D eigenvalue weighted by atomic mass is 15.1. The zero-order valence-electron chi connectivity index (χ0n) is 37.1. The molecule has 5 aromatic carbocycles. The van der Waals surface area contributed by atoms with Crippen LogP contribution in [0, 0.1) is 33.6 Å². The molecule has 65 heavy (non-hydrogen) atoms. The summed E-state index contributed by atoms with van der Waals surface area (Å²) in [5.41, 5.74) is 16.1. The third-order valence-corrected chi connectivity index (χ3v) is 14.0. The summed E-state index contributed by atoms with van der Waals surface area (Å²) in [5, 5.41) is 6.32. The van der Waals surface area contributed by atoms with Crippen LogP contribution in [0.1, 0.15) is 53.7 Å². The van der Waals surface area contributed by atoms with Gasteiger partial charge in [-0.2, -0.15) is 0 Å². The Morgan fingerprint density at radius 1 is 0.477 bits per heavy atom. The molecule has 0 fully saturated rings. The molecule has 2 atom stereocenters. The molecule has 0 saturated heterocycles. The number of rotatable bonds is 4. The first-order valence-electron chi connectivity index (χ1n) is 22.5. The third kappa shape index (κ3) is 5.56. The Morgan fingerprint density at radius 2 is 1.00 bits per heavy atom. The summed E-state index contributed by atoms with van der Waals surface area (Å²) in [4.78, 5) is 31.3. The molecule has 0 aliphatic heterocycles. The number of fused-ring (bicyclic) bond motifs is 11. The maximum absolute atomic E-state index is 5.59. The minimum absolute atomic E-state index is 0.103. The Kier molecular flexibility index (Phi) is 7.88. The quantitative estimate of drug-likeness (QED) is 0.164. The van der Waals surface area contributed by atoms with E-state index in [-0.39, 0.29) is 17.3 Å². The van der Waals surface area contributed by atoms with Crippen molar-refractivity contribution in [2.75, 3.05) is 0 Å². The van der Waals surface area contributed by atoms with Crippen molar-refractivity contribution in [2.45, 2.75) is 52.9 Å². The van der Waals surface area contributed by atoms with Gasteiger partial charge in [0.2, 0.25) is 0 Å². The first-order valence-corrected chi connectivity index (χ1v) is 22.5. The molecule has 2 aliphatic rings. The summed E-state index contributed by atoms with van der Waals surface area (Å²) in [5.74, 6) is 2.06. The number of benzene rings is 5. The van der Waals surface area contributed by atoms with E-state index in [4.69, 9.17) is 29.9 Å². The number of aryl methyl sites for hydroxylation is 4. The minimum atomic E-state index is -0.217. The van der Waals surface area contributed by atoms with Gasteiger partial charge in [0.05, 0.1) is 43.8 Å². The Hall–Kier alpha value is -7.84. The molecule has 0 N–H and O–H groups in total. The molecule has 0 bridgehead atoms. The van der Waals surface area contributed by atoms with E-state index in [1.165, 1.54) is 11.1 Å². The monoisotopic (exact) mass is 840 g/mol. The molecule has 11 aromatic rings. The molecule has 0 amide bonds. The van der Waals surface area contributed by atoms with Gasteiger partial charge in [-0.25, -0.2) is 9.97 Å². The van der Waals surface area contributed by atoms with E-state index in [0.29, 0.717) is 0 Å². The second kappa shape index (κ2) is 13.6. The summed E-state index contributed by atoms with van der Waals surface area (Å²) in [6, 6.07) is 47.5. The lowest BCUT2D eigenvalue weighted by atomic mass is 9.74. The van der Waals surface area contributed by atoms with Crippen LogP contribution in [0.5, 0.6) is 0 Å². The van der Waals surface area contributed by atoms with Gasteiger partial charge in [-0.05, 0) is 117 Å². The van der Waals surface area contributed by atoms with E-state index >= 15 is 0 Å². The van der Waals surface area contributed by atoms with E-state index < -0.39 is 0 Å². The lowest BCUT2D eigenvalue weighted by molar-refractivity contribution is 0.421. The Labute approximate surface area is 375 Å². The highest BCUT2D eigenvalue weighted by Gasteiger charge is 2.46. The molecule has 0 spiro atoms. The molecular formula is C57H44N8. The molecule has 0 saturated carbocycles. The summed E-state index contributed by atoms with van der Waals surface area (Å²) < 4.78 is 4.70. The molecule has 0 radical (unpaired) electrons. The third-order valence-electron chi connectivity index (χ3n) is 14.0. The molecule has 312 valence electrons. The number of para-hydroxylation sites is 2. The van der Waals surface area contributed by atoms with E-state index in [0.717, 1.165) is 122 Å². The number of pyridine rings is 4. The van der Waals surface area contributed by atoms with Gasteiger partial charge in [-0.1, -0.05) is 92.7 Å². The fourth-order valence-electron chi connectivity index (χ4n) is 11.0. The van der Waals surface area contributed by atoms with Crippen molar-refractivity contribution >= 4 is 66.8 Å². The predicted molar refractivity (Wildman–Crippen MR) is 263 cm³/mol. The van der Waals surface area contributed by atoms with Crippen LogP contribution in [0.15, 0.2) is 133 Å². The van der Waals surface area contributed by atoms with Crippen molar-refractivity contribution in [1.82, 2.24) is 39.0 Å². The first kappa shape index (κ1) is 37.7. The van der Waals surface area contributed by atoms with E-state index in [1.807, 2.05) is 13.8 Å². The van der Waals surface area contributed by atoms with Crippen LogP contribution in [0.25, 0.3) is 101 Å². The van der Waals surface area contributed by atoms with Crippen molar-refractivity contribution in [3.63, 3.8) is 0 Å². The van der Waals surface area contributed by atoms with Gasteiger partial charge in [0.15, 0.2) is 0 Å². The average Bonchev–Trinajstić information content (AvgIpc) is 3.95. The summed E-state index contributed by atoms with van der Waals surface area (Å²) in [7, 11) is 0. The van der Waals surface area contributed by atoms with Crippen molar-refractivity contribution in [2.24, 2.45) is 5.92 Å². The Bertz CT molecular complexity index is 3970. The normalized spacial score (nSPS) is 16.2. The number of hydrogen-bond acceptors (Lipinski definition) is 6. The van der Waals surface area contributed by atoms with E-state index in [9.17, 15) is 0 Å². The van der Waals surface area contributed by atoms with Gasteiger partial charge in [0.1, 0.15) is 11.6 Å². The molecular weight excluding hydrogens is 797 g/mol. The summed E-state index contributed by atoms with van der Waals surface area (Å²) >= 11 is 0. The van der Waals surface area contributed by atoms with Crippen molar-refractivity contribution in [3.05, 3.63) is 178 Å². The standard InChI is InChI=1S/C57H44N8/c1-31-17-19-35-21-23-39-43(25-33(3)60-53(39)51(35)58-31)55-62-47-27-41-42-28-48-50(30-46(42)57(5,6)45(41)29-49(47)64(55)37-13-9-7-10-14-37)65(38-15-11-8-12-16-38)56(63-48)44-26-34(4)61-54-40(44)24-22-36-20-18-32(2)59-52(36)54/h7-30,41,45H,1-6H3. The number of nitrogens with zero attached hydrogens (tertiary/aromatic N) is 8. The fraction of sp³-hybridized carbons (Fsp3) is 0.158. The molecule has 13 rings (SSSR count). The predicted octanol–water partition coefficient (Wildman–Crippen LogP) is 11.2. The lowest BCUT2D eigenvalue weighted by Gasteiger charge is -2.29. The van der Waals surface area contributed by atoms with Crippen molar-refractivity contribution < 1.29 is 0 Å². The van der Waals surface area contributed by atoms with Gasteiger partial charge in [-0.15, -0.1) is 0 Å². The second-order valence-electron chi connectivity index (χ2n) is 18.6. The number of hydrogen-bond donors (Lipinski definition) is 0. The van der Waals surface area contributed by atoms with Gasteiger partial charge in [-0.3, -0.25) is 29.1 Å². The van der Waals surface area contributed by atoms with Gasteiger partial charge < -0.3 is 0 Å². The van der Waals surface area contributed by atoms with Crippen LogP contribution in [-0.4, -0.2) is 39.0 Å². The number of aromatic nitrogens is 8. The Morgan fingerprint density at radius 3 is 1.58 bits per heavy atom. The van der Waals surface area contributed by atoms with E-state index in [1.54, 1.807) is 0 Å². The Balaban J connectivity index is 1.04. The van der Waals surface area contributed by atoms with Crippen LogP contribution >= 0.6 is 0 Å². The van der Waals surface area contributed by atoms with Gasteiger partial charge in [0.25, 0.3) is 0 Å². The zero-order valence-corrected chi connectivity index (χ0v) is 37.1. The van der Waals surface area contributed by atoms with Crippen LogP contribution in [0.3, 0.4) is 0 Å². The van der Waals surface area contributed by atoms with Crippen LogP contribution in [0.2, 0.25) is 0 Å².